The minimum Gasteiger partial charge on any atom is -0.469 e. The predicted octanol–water partition coefficient (Wildman–Crippen LogP) is 3.79. The van der Waals surface area contributed by atoms with E-state index in [0.717, 1.165) is 41.8 Å². The van der Waals surface area contributed by atoms with Gasteiger partial charge >= 0.3 is 6.03 Å². The lowest BCUT2D eigenvalue weighted by Gasteiger charge is -2.23. The molecule has 0 saturated carbocycles. The van der Waals surface area contributed by atoms with Crippen LogP contribution in [-0.2, 0) is 6.42 Å². The zero-order valence-corrected chi connectivity index (χ0v) is 11.5. The van der Waals surface area contributed by atoms with Crippen LogP contribution in [0.1, 0.15) is 35.8 Å². The number of furan rings is 1. The smallest absolute Gasteiger partial charge is 0.319 e. The zero-order chi connectivity index (χ0) is 13.9. The maximum atomic E-state index is 12.1. The largest absolute Gasteiger partial charge is 0.469 e. The van der Waals surface area contributed by atoms with Gasteiger partial charge in [-0.25, -0.2) is 4.79 Å². The van der Waals surface area contributed by atoms with Gasteiger partial charge in [0.15, 0.2) is 0 Å². The molecule has 4 heteroatoms. The van der Waals surface area contributed by atoms with Crippen LogP contribution in [0.4, 0.5) is 10.5 Å². The number of hydrogen-bond donors (Lipinski definition) is 2. The van der Waals surface area contributed by atoms with Crippen molar-refractivity contribution in [3.05, 3.63) is 53.5 Å². The Morgan fingerprint density at radius 1 is 1.30 bits per heavy atom. The molecule has 1 aliphatic carbocycles. The van der Waals surface area contributed by atoms with Gasteiger partial charge in [0.05, 0.1) is 12.3 Å². The van der Waals surface area contributed by atoms with Crippen molar-refractivity contribution in [1.29, 1.82) is 0 Å². The number of urea groups is 1. The summed E-state index contributed by atoms with van der Waals surface area (Å²) in [5.41, 5.74) is 3.06. The molecule has 1 aromatic carbocycles. The van der Waals surface area contributed by atoms with Gasteiger partial charge in [-0.3, -0.25) is 0 Å². The first kappa shape index (κ1) is 12.8. The fourth-order valence-corrected chi connectivity index (χ4v) is 2.77. The van der Waals surface area contributed by atoms with E-state index in [-0.39, 0.29) is 12.1 Å². The molecule has 0 fully saturated rings. The number of rotatable bonds is 2. The van der Waals surface area contributed by atoms with Gasteiger partial charge in [0, 0.05) is 17.7 Å². The fraction of sp³-hybridized carbons (Fsp3) is 0.312. The molecule has 0 spiro atoms. The number of para-hydroxylation sites is 1. The predicted molar refractivity (Wildman–Crippen MR) is 77.7 cm³/mol. The molecule has 0 bridgehead atoms. The third-order valence-electron chi connectivity index (χ3n) is 3.69. The molecule has 1 heterocycles. The zero-order valence-electron chi connectivity index (χ0n) is 11.5. The fourth-order valence-electron chi connectivity index (χ4n) is 2.77. The summed E-state index contributed by atoms with van der Waals surface area (Å²) in [7, 11) is 0. The van der Waals surface area contributed by atoms with Gasteiger partial charge in [0.25, 0.3) is 0 Å². The Kier molecular flexibility index (Phi) is 3.46. The first-order valence-corrected chi connectivity index (χ1v) is 6.93. The van der Waals surface area contributed by atoms with E-state index in [0.29, 0.717) is 0 Å². The van der Waals surface area contributed by atoms with Gasteiger partial charge in [0.1, 0.15) is 5.76 Å². The molecular formula is C16H18N2O2. The number of carbonyl (C=O) groups excluding carboxylic acids is 1. The molecule has 2 aromatic rings. The van der Waals surface area contributed by atoms with E-state index in [1.807, 2.05) is 37.3 Å². The topological polar surface area (TPSA) is 54.3 Å². The molecule has 4 nitrogen and oxygen atoms in total. The van der Waals surface area contributed by atoms with Crippen molar-refractivity contribution in [1.82, 2.24) is 5.32 Å². The first-order valence-electron chi connectivity index (χ1n) is 6.93. The third kappa shape index (κ3) is 2.54. The van der Waals surface area contributed by atoms with Gasteiger partial charge in [-0.05, 0) is 37.5 Å². The lowest BCUT2D eigenvalue weighted by atomic mass is 9.91. The normalized spacial score (nSPS) is 17.4. The van der Waals surface area contributed by atoms with Gasteiger partial charge in [0.2, 0.25) is 0 Å². The third-order valence-corrected chi connectivity index (χ3v) is 3.69. The first-order chi connectivity index (χ1) is 9.74. The molecule has 0 radical (unpaired) electrons. The molecule has 20 heavy (non-hydrogen) atoms. The summed E-state index contributed by atoms with van der Waals surface area (Å²) in [6, 6.07) is 9.33. The highest BCUT2D eigenvalue weighted by atomic mass is 16.3. The molecule has 1 aromatic heterocycles. The Hall–Kier alpha value is -2.23. The number of anilines is 1. The molecule has 3 rings (SSSR count). The van der Waals surface area contributed by atoms with Crippen LogP contribution in [0.15, 0.2) is 41.0 Å². The number of fused-ring (bicyclic) bond motifs is 1. The lowest BCUT2D eigenvalue weighted by molar-refractivity contribution is 0.246. The molecule has 1 aliphatic rings. The Balaban J connectivity index is 1.70. The molecule has 2 N–H and O–H groups in total. The molecule has 0 aliphatic heterocycles. The molecule has 104 valence electrons. The highest BCUT2D eigenvalue weighted by molar-refractivity contribution is 5.89. The molecule has 2 amide bonds. The summed E-state index contributed by atoms with van der Waals surface area (Å²) in [5.74, 6) is 1.01. The average Bonchev–Trinajstić information content (AvgIpc) is 2.83. The minimum atomic E-state index is -0.172. The van der Waals surface area contributed by atoms with Crippen LogP contribution in [0.5, 0.6) is 0 Å². The van der Waals surface area contributed by atoms with Crippen molar-refractivity contribution in [3.63, 3.8) is 0 Å². The Labute approximate surface area is 118 Å². The Bertz CT molecular complexity index is 604. The van der Waals surface area contributed by atoms with Crippen molar-refractivity contribution in [2.24, 2.45) is 0 Å². The summed E-state index contributed by atoms with van der Waals surface area (Å²) in [5, 5.41) is 5.89. The van der Waals surface area contributed by atoms with E-state index in [1.165, 1.54) is 0 Å². The number of nitrogens with one attached hydrogen (secondary N) is 2. The van der Waals surface area contributed by atoms with Crippen LogP contribution in [0, 0.1) is 6.92 Å². The van der Waals surface area contributed by atoms with Crippen molar-refractivity contribution >= 4 is 11.7 Å². The second kappa shape index (κ2) is 5.41. The number of aryl methyl sites for hydroxylation is 2. The molecule has 1 atom stereocenters. The van der Waals surface area contributed by atoms with E-state index < -0.39 is 0 Å². The summed E-state index contributed by atoms with van der Waals surface area (Å²) in [6.45, 7) is 2.03. The summed E-state index contributed by atoms with van der Waals surface area (Å²) in [6.07, 6.45) is 4.73. The van der Waals surface area contributed by atoms with Gasteiger partial charge in [-0.15, -0.1) is 0 Å². The summed E-state index contributed by atoms with van der Waals surface area (Å²) in [4.78, 5) is 12.1. The number of benzene rings is 1. The van der Waals surface area contributed by atoms with Crippen LogP contribution >= 0.6 is 0 Å². The Morgan fingerprint density at radius 2 is 2.10 bits per heavy atom. The average molecular weight is 270 g/mol. The molecule has 0 saturated heterocycles. The van der Waals surface area contributed by atoms with Crippen LogP contribution < -0.4 is 10.6 Å². The van der Waals surface area contributed by atoms with Crippen LogP contribution in [-0.4, -0.2) is 6.03 Å². The minimum absolute atomic E-state index is 0.0428. The second-order valence-electron chi connectivity index (χ2n) is 5.16. The Morgan fingerprint density at radius 3 is 2.90 bits per heavy atom. The van der Waals surface area contributed by atoms with Crippen LogP contribution in [0.3, 0.4) is 0 Å². The van der Waals surface area contributed by atoms with Crippen molar-refractivity contribution < 1.29 is 9.21 Å². The maximum absolute atomic E-state index is 12.1. The number of amides is 2. The SMILES string of the molecule is Cc1coc2c1C(NC(=O)Nc1ccccc1)CCC2. The monoisotopic (exact) mass is 270 g/mol. The van der Waals surface area contributed by atoms with Crippen LogP contribution in [0.25, 0.3) is 0 Å². The van der Waals surface area contributed by atoms with E-state index in [1.54, 1.807) is 6.26 Å². The van der Waals surface area contributed by atoms with Crippen LogP contribution in [0.2, 0.25) is 0 Å². The van der Waals surface area contributed by atoms with E-state index >= 15 is 0 Å². The lowest BCUT2D eigenvalue weighted by Crippen LogP contribution is -2.34. The quantitative estimate of drug-likeness (QED) is 0.872. The van der Waals surface area contributed by atoms with E-state index in [9.17, 15) is 4.79 Å². The second-order valence-corrected chi connectivity index (χ2v) is 5.16. The molecular weight excluding hydrogens is 252 g/mol. The summed E-state index contributed by atoms with van der Waals surface area (Å²) < 4.78 is 5.55. The standard InChI is InChI=1S/C16H18N2O2/c1-11-10-20-14-9-5-8-13(15(11)14)18-16(19)17-12-6-3-2-4-7-12/h2-4,6-7,10,13H,5,8-9H2,1H3,(H2,17,18,19). The van der Waals surface area contributed by atoms with Gasteiger partial charge in [-0.2, -0.15) is 0 Å². The van der Waals surface area contributed by atoms with Crippen molar-refractivity contribution in [2.45, 2.75) is 32.2 Å². The highest BCUT2D eigenvalue weighted by Gasteiger charge is 2.26. The number of hydrogen-bond acceptors (Lipinski definition) is 2. The van der Waals surface area contributed by atoms with Gasteiger partial charge in [-0.1, -0.05) is 18.2 Å². The van der Waals surface area contributed by atoms with Gasteiger partial charge < -0.3 is 15.1 Å². The maximum Gasteiger partial charge on any atom is 0.319 e. The van der Waals surface area contributed by atoms with E-state index in [2.05, 4.69) is 10.6 Å². The number of carbonyl (C=O) groups is 1. The van der Waals surface area contributed by atoms with Crippen molar-refractivity contribution in [2.75, 3.05) is 5.32 Å². The highest BCUT2D eigenvalue weighted by Crippen LogP contribution is 2.33. The summed E-state index contributed by atoms with van der Waals surface area (Å²) >= 11 is 0. The van der Waals surface area contributed by atoms with E-state index in [4.69, 9.17) is 4.42 Å². The van der Waals surface area contributed by atoms with Crippen molar-refractivity contribution in [3.8, 4) is 0 Å². The molecule has 1 unspecified atom stereocenters.